The Hall–Kier alpha value is -2.64. The lowest BCUT2D eigenvalue weighted by molar-refractivity contribution is -0.153. The van der Waals surface area contributed by atoms with Crippen molar-refractivity contribution in [2.75, 3.05) is 11.9 Å². The molecule has 27 heavy (non-hydrogen) atoms. The van der Waals surface area contributed by atoms with Gasteiger partial charge in [0.25, 0.3) is 11.8 Å². The van der Waals surface area contributed by atoms with Crippen LogP contribution in [0.15, 0.2) is 42.6 Å². The van der Waals surface area contributed by atoms with E-state index in [0.29, 0.717) is 16.3 Å². The molecule has 0 radical (unpaired) electrons. The number of nitrogens with one attached hydrogen (secondary N) is 2. The maximum absolute atomic E-state index is 12.0. The molecule has 0 bridgehead atoms. The molecule has 0 aliphatic carbocycles. The number of carbonyl (C=O) groups is 3. The van der Waals surface area contributed by atoms with Crippen LogP contribution in [0.4, 0.5) is 5.69 Å². The molecule has 0 fully saturated rings. The van der Waals surface area contributed by atoms with E-state index < -0.39 is 18.0 Å². The third-order valence-electron chi connectivity index (χ3n) is 3.42. The van der Waals surface area contributed by atoms with E-state index in [1.165, 1.54) is 13.1 Å². The lowest BCUT2D eigenvalue weighted by atomic mass is 10.2. The van der Waals surface area contributed by atoms with E-state index in [1.807, 2.05) is 0 Å². The van der Waals surface area contributed by atoms with Gasteiger partial charge in [0.2, 0.25) is 0 Å². The first-order chi connectivity index (χ1) is 12.9. The molecule has 2 aromatic rings. The summed E-state index contributed by atoms with van der Waals surface area (Å²) >= 11 is 11.6. The molecule has 0 aliphatic rings. The average Bonchev–Trinajstić information content (AvgIpc) is 2.64. The van der Waals surface area contributed by atoms with Crippen LogP contribution in [-0.2, 0) is 14.3 Å². The van der Waals surface area contributed by atoms with Gasteiger partial charge in [-0.25, -0.2) is 4.98 Å². The summed E-state index contributed by atoms with van der Waals surface area (Å²) < 4.78 is 5.04. The molecule has 0 spiro atoms. The molecule has 1 atom stereocenters. The van der Waals surface area contributed by atoms with Crippen molar-refractivity contribution in [3.05, 3.63) is 58.3 Å². The molecule has 7 nitrogen and oxygen atoms in total. The van der Waals surface area contributed by atoms with Gasteiger partial charge in [0.15, 0.2) is 11.3 Å². The highest BCUT2D eigenvalue weighted by atomic mass is 35.5. The quantitative estimate of drug-likeness (QED) is 0.540. The minimum atomic E-state index is -1.03. The Labute approximate surface area is 166 Å². The molecule has 2 rings (SSSR count). The number of amides is 2. The van der Waals surface area contributed by atoms with Crippen LogP contribution >= 0.6 is 23.2 Å². The fourth-order valence-electron chi connectivity index (χ4n) is 2.00. The van der Waals surface area contributed by atoms with Crippen molar-refractivity contribution >= 4 is 46.7 Å². The first kappa shape index (κ1) is 20.7. The molecule has 0 saturated heterocycles. The number of carbonyl (C=O) groups excluding carboxylic acids is 3. The fraction of sp³-hybridized carbons (Fsp3) is 0.222. The Balaban J connectivity index is 1.74. The van der Waals surface area contributed by atoms with Gasteiger partial charge in [0.1, 0.15) is 0 Å². The van der Waals surface area contributed by atoms with Crippen molar-refractivity contribution in [2.45, 2.75) is 19.4 Å². The predicted molar refractivity (Wildman–Crippen MR) is 102 cm³/mol. The molecule has 142 valence electrons. The summed E-state index contributed by atoms with van der Waals surface area (Å²) in [6.07, 6.45) is 0.380. The number of anilines is 1. The summed E-state index contributed by atoms with van der Waals surface area (Å²) in [4.78, 5) is 39.6. The zero-order valence-electron chi connectivity index (χ0n) is 14.4. The van der Waals surface area contributed by atoms with Gasteiger partial charge < -0.3 is 15.4 Å². The fourth-order valence-corrected chi connectivity index (χ4v) is 2.30. The Morgan fingerprint density at radius 2 is 1.85 bits per heavy atom. The number of nitrogens with zero attached hydrogens (tertiary/aromatic N) is 1. The third kappa shape index (κ3) is 6.54. The van der Waals surface area contributed by atoms with Gasteiger partial charge in [0.05, 0.1) is 12.1 Å². The second kappa shape index (κ2) is 9.89. The highest BCUT2D eigenvalue weighted by Gasteiger charge is 2.19. The van der Waals surface area contributed by atoms with Crippen LogP contribution < -0.4 is 10.6 Å². The van der Waals surface area contributed by atoms with Crippen molar-refractivity contribution in [3.63, 3.8) is 0 Å². The number of aromatic nitrogens is 1. The van der Waals surface area contributed by atoms with Gasteiger partial charge in [-0.1, -0.05) is 23.2 Å². The SMILES string of the molecule is C[C@H](OC(=O)CCNC(=O)c1ccc(Cl)cc1)C(=O)Nc1cccnc1Cl. The summed E-state index contributed by atoms with van der Waals surface area (Å²) in [6.45, 7) is 1.51. The van der Waals surface area contributed by atoms with E-state index >= 15 is 0 Å². The van der Waals surface area contributed by atoms with Gasteiger partial charge in [-0.3, -0.25) is 14.4 Å². The topological polar surface area (TPSA) is 97.4 Å². The summed E-state index contributed by atoms with van der Waals surface area (Å²) in [7, 11) is 0. The van der Waals surface area contributed by atoms with Crippen LogP contribution in [0.3, 0.4) is 0 Å². The number of rotatable bonds is 7. The van der Waals surface area contributed by atoms with Gasteiger partial charge in [-0.15, -0.1) is 0 Å². The number of halogens is 2. The first-order valence-electron chi connectivity index (χ1n) is 8.01. The van der Waals surface area contributed by atoms with Crippen LogP contribution in [-0.4, -0.2) is 35.4 Å². The van der Waals surface area contributed by atoms with Crippen LogP contribution in [0.5, 0.6) is 0 Å². The van der Waals surface area contributed by atoms with Crippen molar-refractivity contribution < 1.29 is 19.1 Å². The number of hydrogen-bond donors (Lipinski definition) is 2. The zero-order chi connectivity index (χ0) is 19.8. The third-order valence-corrected chi connectivity index (χ3v) is 3.97. The minimum Gasteiger partial charge on any atom is -0.452 e. The Bertz CT molecular complexity index is 828. The molecule has 1 aromatic heterocycles. The molecule has 0 saturated carbocycles. The molecule has 2 N–H and O–H groups in total. The Kier molecular flexibility index (Phi) is 7.57. The second-order valence-corrected chi connectivity index (χ2v) is 6.27. The Morgan fingerprint density at radius 1 is 1.15 bits per heavy atom. The van der Waals surface area contributed by atoms with Crippen LogP contribution in [0.2, 0.25) is 10.2 Å². The normalized spacial score (nSPS) is 11.4. The van der Waals surface area contributed by atoms with E-state index in [0.717, 1.165) is 0 Å². The number of esters is 1. The smallest absolute Gasteiger partial charge is 0.308 e. The number of hydrogen-bond acceptors (Lipinski definition) is 5. The molecular formula is C18H17Cl2N3O4. The van der Waals surface area contributed by atoms with Crippen LogP contribution in [0.25, 0.3) is 0 Å². The molecule has 2 amide bonds. The maximum Gasteiger partial charge on any atom is 0.308 e. The highest BCUT2D eigenvalue weighted by Crippen LogP contribution is 2.17. The Morgan fingerprint density at radius 3 is 2.52 bits per heavy atom. The van der Waals surface area contributed by atoms with Crippen molar-refractivity contribution in [1.29, 1.82) is 0 Å². The zero-order valence-corrected chi connectivity index (χ0v) is 15.9. The van der Waals surface area contributed by atoms with Gasteiger partial charge >= 0.3 is 5.97 Å². The first-order valence-corrected chi connectivity index (χ1v) is 8.77. The van der Waals surface area contributed by atoms with Crippen LogP contribution in [0, 0.1) is 0 Å². The lowest BCUT2D eigenvalue weighted by Gasteiger charge is -2.14. The van der Waals surface area contributed by atoms with Gasteiger partial charge in [-0.2, -0.15) is 0 Å². The number of pyridine rings is 1. The lowest BCUT2D eigenvalue weighted by Crippen LogP contribution is -2.32. The molecule has 0 unspecified atom stereocenters. The summed E-state index contributed by atoms with van der Waals surface area (Å²) in [5.74, 6) is -1.49. The van der Waals surface area contributed by atoms with Gasteiger partial charge in [0, 0.05) is 23.3 Å². The number of benzene rings is 1. The summed E-state index contributed by atoms with van der Waals surface area (Å²) in [5, 5.41) is 5.77. The van der Waals surface area contributed by atoms with E-state index in [-0.39, 0.29) is 24.0 Å². The molecule has 1 heterocycles. The van der Waals surface area contributed by atoms with Gasteiger partial charge in [-0.05, 0) is 43.3 Å². The monoisotopic (exact) mass is 409 g/mol. The van der Waals surface area contributed by atoms with Crippen LogP contribution in [0.1, 0.15) is 23.7 Å². The molecule has 1 aromatic carbocycles. The van der Waals surface area contributed by atoms with E-state index in [2.05, 4.69) is 15.6 Å². The molecule has 9 heteroatoms. The number of ether oxygens (including phenoxy) is 1. The van der Waals surface area contributed by atoms with Crippen molar-refractivity contribution in [2.24, 2.45) is 0 Å². The molecular weight excluding hydrogens is 393 g/mol. The summed E-state index contributed by atoms with van der Waals surface area (Å²) in [6, 6.07) is 9.53. The maximum atomic E-state index is 12.0. The standard InChI is InChI=1S/C18H17Cl2N3O4/c1-11(17(25)23-14-3-2-9-21-16(14)20)27-15(24)8-10-22-18(26)12-4-6-13(19)7-5-12/h2-7,9,11H,8,10H2,1H3,(H,22,26)(H,23,25)/t11-/m0/s1. The summed E-state index contributed by atoms with van der Waals surface area (Å²) in [5.41, 5.74) is 0.746. The average molecular weight is 410 g/mol. The van der Waals surface area contributed by atoms with Crippen molar-refractivity contribution in [1.82, 2.24) is 10.3 Å². The largest absolute Gasteiger partial charge is 0.452 e. The van der Waals surface area contributed by atoms with E-state index in [1.54, 1.807) is 36.4 Å². The second-order valence-electron chi connectivity index (χ2n) is 5.48. The van der Waals surface area contributed by atoms with E-state index in [4.69, 9.17) is 27.9 Å². The van der Waals surface area contributed by atoms with E-state index in [9.17, 15) is 14.4 Å². The predicted octanol–water partition coefficient (Wildman–Crippen LogP) is 3.08. The van der Waals surface area contributed by atoms with Crippen molar-refractivity contribution in [3.8, 4) is 0 Å². The highest BCUT2D eigenvalue weighted by molar-refractivity contribution is 6.32. The molecule has 0 aliphatic heterocycles. The minimum absolute atomic E-state index is 0.0725.